The summed E-state index contributed by atoms with van der Waals surface area (Å²) < 4.78 is 5.60. The lowest BCUT2D eigenvalue weighted by atomic mass is 10.1. The minimum atomic E-state index is -0.616. The highest BCUT2D eigenvalue weighted by Crippen LogP contribution is 2.15. The highest BCUT2D eigenvalue weighted by atomic mass is 16.5. The van der Waals surface area contributed by atoms with Crippen LogP contribution < -0.4 is 10.1 Å². The van der Waals surface area contributed by atoms with Crippen LogP contribution in [-0.4, -0.2) is 17.8 Å². The maximum atomic E-state index is 12.1. The molecule has 0 bridgehead atoms. The van der Waals surface area contributed by atoms with E-state index in [0.717, 1.165) is 5.56 Å². The van der Waals surface area contributed by atoms with Crippen LogP contribution in [0.2, 0.25) is 0 Å². The van der Waals surface area contributed by atoms with Gasteiger partial charge in [0.05, 0.1) is 0 Å². The van der Waals surface area contributed by atoms with E-state index in [4.69, 9.17) is 4.74 Å². The van der Waals surface area contributed by atoms with E-state index in [0.29, 0.717) is 17.0 Å². The fourth-order valence-corrected chi connectivity index (χ4v) is 1.91. The van der Waals surface area contributed by atoms with Crippen molar-refractivity contribution in [2.45, 2.75) is 26.9 Å². The molecule has 0 heterocycles. The maximum absolute atomic E-state index is 12.1. The fraction of sp³-hybridized carbons (Fsp3) is 0.222. The number of hydrogen-bond acceptors (Lipinski definition) is 3. The summed E-state index contributed by atoms with van der Waals surface area (Å²) in [6.45, 7) is 5.19. The van der Waals surface area contributed by atoms with E-state index in [1.807, 2.05) is 31.2 Å². The topological polar surface area (TPSA) is 55.4 Å². The first-order chi connectivity index (χ1) is 10.5. The molecule has 1 N–H and O–H groups in total. The van der Waals surface area contributed by atoms with Crippen LogP contribution in [-0.2, 0) is 4.79 Å². The number of ether oxygens (including phenoxy) is 1. The van der Waals surface area contributed by atoms with Crippen LogP contribution in [0.5, 0.6) is 5.75 Å². The van der Waals surface area contributed by atoms with Gasteiger partial charge in [-0.2, -0.15) is 0 Å². The summed E-state index contributed by atoms with van der Waals surface area (Å²) in [6, 6.07) is 14.3. The number of amides is 1. The molecule has 1 amide bonds. The van der Waals surface area contributed by atoms with E-state index in [2.05, 4.69) is 5.32 Å². The predicted octanol–water partition coefficient (Wildman–Crippen LogP) is 3.60. The van der Waals surface area contributed by atoms with Gasteiger partial charge in [-0.05, 0) is 57.2 Å². The van der Waals surface area contributed by atoms with Crippen molar-refractivity contribution < 1.29 is 14.3 Å². The second kappa shape index (κ2) is 6.89. The van der Waals surface area contributed by atoms with Crippen LogP contribution in [0.3, 0.4) is 0 Å². The van der Waals surface area contributed by atoms with Gasteiger partial charge in [0.15, 0.2) is 11.9 Å². The van der Waals surface area contributed by atoms with Crippen molar-refractivity contribution in [3.05, 3.63) is 59.7 Å². The molecule has 0 aliphatic rings. The van der Waals surface area contributed by atoms with E-state index >= 15 is 0 Å². The van der Waals surface area contributed by atoms with Crippen LogP contribution in [0.25, 0.3) is 0 Å². The number of Topliss-reactive ketones (excluding diaryl/α,β-unsaturated/α-hetero) is 1. The average Bonchev–Trinajstić information content (AvgIpc) is 2.50. The Balaban J connectivity index is 1.95. The summed E-state index contributed by atoms with van der Waals surface area (Å²) in [6.07, 6.45) is -0.616. The van der Waals surface area contributed by atoms with E-state index in [9.17, 15) is 9.59 Å². The molecule has 2 rings (SSSR count). The largest absolute Gasteiger partial charge is 0.481 e. The number of hydrogen-bond donors (Lipinski definition) is 1. The van der Waals surface area contributed by atoms with Gasteiger partial charge in [-0.1, -0.05) is 17.7 Å². The molecule has 0 unspecified atom stereocenters. The van der Waals surface area contributed by atoms with Crippen LogP contribution in [0.1, 0.15) is 29.8 Å². The maximum Gasteiger partial charge on any atom is 0.265 e. The Bertz CT molecular complexity index is 660. The van der Waals surface area contributed by atoms with Gasteiger partial charge in [0.1, 0.15) is 5.75 Å². The first-order valence-corrected chi connectivity index (χ1v) is 7.11. The minimum Gasteiger partial charge on any atom is -0.481 e. The molecule has 0 spiro atoms. The number of ketones is 1. The number of rotatable bonds is 5. The average molecular weight is 297 g/mol. The van der Waals surface area contributed by atoms with Crippen molar-refractivity contribution in [2.24, 2.45) is 0 Å². The quantitative estimate of drug-likeness (QED) is 0.858. The normalized spacial score (nSPS) is 11.6. The molecule has 0 aliphatic heterocycles. The summed E-state index contributed by atoms with van der Waals surface area (Å²) in [4.78, 5) is 23.3. The van der Waals surface area contributed by atoms with Crippen molar-refractivity contribution in [2.75, 3.05) is 5.32 Å². The molecule has 0 saturated carbocycles. The Morgan fingerprint density at radius 3 is 2.14 bits per heavy atom. The number of benzene rings is 2. The van der Waals surface area contributed by atoms with Crippen molar-refractivity contribution in [1.29, 1.82) is 0 Å². The third kappa shape index (κ3) is 4.19. The van der Waals surface area contributed by atoms with Gasteiger partial charge in [-0.15, -0.1) is 0 Å². The molecular formula is C18H19NO3. The van der Waals surface area contributed by atoms with Crippen molar-refractivity contribution in [3.8, 4) is 5.75 Å². The van der Waals surface area contributed by atoms with E-state index in [1.54, 1.807) is 31.2 Å². The third-order valence-corrected chi connectivity index (χ3v) is 3.26. The van der Waals surface area contributed by atoms with Crippen LogP contribution >= 0.6 is 0 Å². The van der Waals surface area contributed by atoms with E-state index < -0.39 is 6.10 Å². The first kappa shape index (κ1) is 15.8. The smallest absolute Gasteiger partial charge is 0.265 e. The summed E-state index contributed by atoms with van der Waals surface area (Å²) >= 11 is 0. The number of carbonyl (C=O) groups excluding carboxylic acids is 2. The lowest BCUT2D eigenvalue weighted by Gasteiger charge is -2.15. The number of carbonyl (C=O) groups is 2. The molecule has 0 radical (unpaired) electrons. The molecule has 0 saturated heterocycles. The molecule has 0 aromatic heterocycles. The fourth-order valence-electron chi connectivity index (χ4n) is 1.91. The van der Waals surface area contributed by atoms with Gasteiger partial charge < -0.3 is 10.1 Å². The second-order valence-corrected chi connectivity index (χ2v) is 5.20. The van der Waals surface area contributed by atoms with Crippen LogP contribution in [0, 0.1) is 6.92 Å². The Labute approximate surface area is 130 Å². The molecule has 4 heteroatoms. The lowest BCUT2D eigenvalue weighted by Crippen LogP contribution is -2.30. The van der Waals surface area contributed by atoms with Crippen molar-refractivity contribution in [3.63, 3.8) is 0 Å². The first-order valence-electron chi connectivity index (χ1n) is 7.11. The van der Waals surface area contributed by atoms with Crippen molar-refractivity contribution in [1.82, 2.24) is 0 Å². The Morgan fingerprint density at radius 1 is 1.00 bits per heavy atom. The van der Waals surface area contributed by atoms with Gasteiger partial charge >= 0.3 is 0 Å². The van der Waals surface area contributed by atoms with Gasteiger partial charge in [-0.3, -0.25) is 9.59 Å². The molecule has 0 aliphatic carbocycles. The molecule has 4 nitrogen and oxygen atoms in total. The van der Waals surface area contributed by atoms with Gasteiger partial charge in [-0.25, -0.2) is 0 Å². The standard InChI is InChI=1S/C18H19NO3/c1-12-4-10-17(11-5-12)22-14(3)18(21)19-16-8-6-15(7-9-16)13(2)20/h4-11,14H,1-3H3,(H,19,21)/t14-/m1/s1. The highest BCUT2D eigenvalue weighted by Gasteiger charge is 2.14. The monoisotopic (exact) mass is 297 g/mol. The zero-order valence-electron chi connectivity index (χ0n) is 12.9. The zero-order valence-corrected chi connectivity index (χ0v) is 12.9. The Morgan fingerprint density at radius 2 is 1.59 bits per heavy atom. The number of aryl methyl sites for hydroxylation is 1. The second-order valence-electron chi connectivity index (χ2n) is 5.20. The molecule has 1 atom stereocenters. The Kier molecular flexibility index (Phi) is 4.94. The highest BCUT2D eigenvalue weighted by molar-refractivity contribution is 5.96. The van der Waals surface area contributed by atoms with Gasteiger partial charge in [0.2, 0.25) is 0 Å². The summed E-state index contributed by atoms with van der Waals surface area (Å²) in [7, 11) is 0. The molecule has 114 valence electrons. The molecular weight excluding hydrogens is 278 g/mol. The number of anilines is 1. The Hall–Kier alpha value is -2.62. The minimum absolute atomic E-state index is 0.00560. The van der Waals surface area contributed by atoms with E-state index in [-0.39, 0.29) is 11.7 Å². The van der Waals surface area contributed by atoms with Crippen molar-refractivity contribution >= 4 is 17.4 Å². The van der Waals surface area contributed by atoms with Gasteiger partial charge in [0, 0.05) is 11.3 Å². The third-order valence-electron chi connectivity index (χ3n) is 3.26. The molecule has 22 heavy (non-hydrogen) atoms. The summed E-state index contributed by atoms with van der Waals surface area (Å²) in [5.74, 6) is 0.408. The van der Waals surface area contributed by atoms with E-state index in [1.165, 1.54) is 6.92 Å². The van der Waals surface area contributed by atoms with Crippen LogP contribution in [0.4, 0.5) is 5.69 Å². The zero-order chi connectivity index (χ0) is 16.1. The van der Waals surface area contributed by atoms with Gasteiger partial charge in [0.25, 0.3) is 5.91 Å². The molecule has 2 aromatic rings. The molecule has 0 fully saturated rings. The summed E-state index contributed by atoms with van der Waals surface area (Å²) in [5, 5.41) is 2.76. The predicted molar refractivity (Wildman–Crippen MR) is 86.3 cm³/mol. The SMILES string of the molecule is CC(=O)c1ccc(NC(=O)[C@@H](C)Oc2ccc(C)cc2)cc1. The number of nitrogens with one attached hydrogen (secondary N) is 1. The lowest BCUT2D eigenvalue weighted by molar-refractivity contribution is -0.122. The summed E-state index contributed by atoms with van der Waals surface area (Å²) in [5.41, 5.74) is 2.38. The van der Waals surface area contributed by atoms with Crippen LogP contribution in [0.15, 0.2) is 48.5 Å². The molecule has 2 aromatic carbocycles.